The predicted octanol–water partition coefficient (Wildman–Crippen LogP) is 3.22. The summed E-state index contributed by atoms with van der Waals surface area (Å²) in [5.41, 5.74) is 2.61. The summed E-state index contributed by atoms with van der Waals surface area (Å²) < 4.78 is 0. The van der Waals surface area contributed by atoms with Crippen LogP contribution in [0.25, 0.3) is 0 Å². The molecule has 0 bridgehead atoms. The second-order valence-corrected chi connectivity index (χ2v) is 6.45. The van der Waals surface area contributed by atoms with Gasteiger partial charge in [0.15, 0.2) is 5.96 Å². The fourth-order valence-corrected chi connectivity index (χ4v) is 2.83. The van der Waals surface area contributed by atoms with Gasteiger partial charge in [0, 0.05) is 46.5 Å². The number of anilines is 1. The summed E-state index contributed by atoms with van der Waals surface area (Å²) in [6.07, 6.45) is 3.57. The number of aliphatic imine (C=N–C) groups is 1. The molecule has 1 aromatic rings. The highest BCUT2D eigenvalue weighted by molar-refractivity contribution is 14.0. The van der Waals surface area contributed by atoms with Gasteiger partial charge in [0.05, 0.1) is 0 Å². The van der Waals surface area contributed by atoms with Crippen molar-refractivity contribution in [2.24, 2.45) is 10.9 Å². The third-order valence-electron chi connectivity index (χ3n) is 4.44. The lowest BCUT2D eigenvalue weighted by Crippen LogP contribution is -2.45. The molecule has 130 valence electrons. The van der Waals surface area contributed by atoms with Crippen LogP contribution in [0.2, 0.25) is 0 Å². The molecule has 1 aromatic carbocycles. The van der Waals surface area contributed by atoms with Gasteiger partial charge in [0.1, 0.15) is 0 Å². The van der Waals surface area contributed by atoms with Crippen LogP contribution in [0.15, 0.2) is 29.3 Å². The van der Waals surface area contributed by atoms with Crippen LogP contribution in [0.3, 0.4) is 0 Å². The number of likely N-dealkylation sites (tertiary alicyclic amines) is 1. The highest BCUT2D eigenvalue weighted by Gasteiger charge is 2.18. The van der Waals surface area contributed by atoms with Gasteiger partial charge in [-0.1, -0.05) is 19.1 Å². The summed E-state index contributed by atoms with van der Waals surface area (Å²) >= 11 is 0. The molecule has 0 aromatic heterocycles. The number of nitrogens with one attached hydrogen (secondary N) is 1. The van der Waals surface area contributed by atoms with E-state index in [1.54, 1.807) is 0 Å². The highest BCUT2D eigenvalue weighted by Crippen LogP contribution is 2.16. The van der Waals surface area contributed by atoms with E-state index in [-0.39, 0.29) is 24.0 Å². The molecule has 1 fully saturated rings. The zero-order valence-corrected chi connectivity index (χ0v) is 17.2. The number of hydrogen-bond acceptors (Lipinski definition) is 2. The van der Waals surface area contributed by atoms with Crippen LogP contribution in [-0.2, 0) is 6.42 Å². The van der Waals surface area contributed by atoms with Gasteiger partial charge in [-0.05, 0) is 42.9 Å². The number of piperidine rings is 1. The summed E-state index contributed by atoms with van der Waals surface area (Å²) in [6, 6.07) is 8.77. The Kier molecular flexibility index (Phi) is 8.73. The Hall–Kier alpha value is -0.980. The molecule has 0 atom stereocenters. The second-order valence-electron chi connectivity index (χ2n) is 6.45. The van der Waals surface area contributed by atoms with Crippen molar-refractivity contribution in [1.29, 1.82) is 0 Å². The minimum Gasteiger partial charge on any atom is -0.378 e. The van der Waals surface area contributed by atoms with E-state index < -0.39 is 0 Å². The second kappa shape index (κ2) is 10.0. The molecule has 4 nitrogen and oxygen atoms in total. The maximum Gasteiger partial charge on any atom is 0.193 e. The molecule has 1 N–H and O–H groups in total. The normalized spacial score (nSPS) is 16.0. The SMILES string of the molecule is CN=C(NCCc1ccc(N(C)C)cc1)N1CCC(C)CC1.I. The van der Waals surface area contributed by atoms with Gasteiger partial charge in [0.25, 0.3) is 0 Å². The molecule has 0 saturated carbocycles. The predicted molar refractivity (Wildman–Crippen MR) is 111 cm³/mol. The number of guanidine groups is 1. The van der Waals surface area contributed by atoms with Crippen molar-refractivity contribution in [1.82, 2.24) is 10.2 Å². The Labute approximate surface area is 158 Å². The first-order valence-corrected chi connectivity index (χ1v) is 8.32. The average Bonchev–Trinajstić information content (AvgIpc) is 2.53. The van der Waals surface area contributed by atoms with Gasteiger partial charge in [-0.3, -0.25) is 4.99 Å². The number of halogens is 1. The van der Waals surface area contributed by atoms with E-state index in [0.29, 0.717) is 0 Å². The highest BCUT2D eigenvalue weighted by atomic mass is 127. The quantitative estimate of drug-likeness (QED) is 0.452. The first-order valence-electron chi connectivity index (χ1n) is 8.32. The zero-order valence-electron chi connectivity index (χ0n) is 14.9. The Morgan fingerprint density at radius 2 is 1.83 bits per heavy atom. The molecular weight excluding hydrogens is 399 g/mol. The minimum absolute atomic E-state index is 0. The Morgan fingerprint density at radius 3 is 2.35 bits per heavy atom. The Morgan fingerprint density at radius 1 is 1.22 bits per heavy atom. The van der Waals surface area contributed by atoms with E-state index >= 15 is 0 Å². The zero-order chi connectivity index (χ0) is 15.9. The lowest BCUT2D eigenvalue weighted by atomic mass is 10.00. The van der Waals surface area contributed by atoms with Gasteiger partial charge in [-0.15, -0.1) is 24.0 Å². The van der Waals surface area contributed by atoms with E-state index in [1.165, 1.54) is 24.1 Å². The van der Waals surface area contributed by atoms with Crippen molar-refractivity contribution >= 4 is 35.6 Å². The van der Waals surface area contributed by atoms with Gasteiger partial charge < -0.3 is 15.1 Å². The van der Waals surface area contributed by atoms with Crippen LogP contribution in [0.4, 0.5) is 5.69 Å². The lowest BCUT2D eigenvalue weighted by molar-refractivity contribution is 0.273. The molecule has 0 unspecified atom stereocenters. The molecule has 0 radical (unpaired) electrons. The molecule has 1 heterocycles. The van der Waals surface area contributed by atoms with Crippen molar-refractivity contribution in [3.05, 3.63) is 29.8 Å². The molecule has 0 aliphatic carbocycles. The maximum atomic E-state index is 4.43. The van der Waals surface area contributed by atoms with Gasteiger partial charge >= 0.3 is 0 Å². The van der Waals surface area contributed by atoms with Crippen LogP contribution in [0.1, 0.15) is 25.3 Å². The van der Waals surface area contributed by atoms with Crippen LogP contribution in [0, 0.1) is 5.92 Å². The molecule has 0 spiro atoms. The fraction of sp³-hybridized carbons (Fsp3) is 0.611. The number of nitrogens with zero attached hydrogens (tertiary/aromatic N) is 3. The van der Waals surface area contributed by atoms with Crippen LogP contribution >= 0.6 is 24.0 Å². The van der Waals surface area contributed by atoms with Crippen molar-refractivity contribution < 1.29 is 0 Å². The molecule has 1 aliphatic heterocycles. The standard InChI is InChI=1S/C18H30N4.HI/c1-15-10-13-22(14-11-15)18(19-2)20-12-9-16-5-7-17(8-6-16)21(3)4;/h5-8,15H,9-14H2,1-4H3,(H,19,20);1H. The van der Waals surface area contributed by atoms with E-state index in [4.69, 9.17) is 0 Å². The number of rotatable bonds is 4. The molecule has 0 amide bonds. The monoisotopic (exact) mass is 430 g/mol. The van der Waals surface area contributed by atoms with Crippen LogP contribution in [0.5, 0.6) is 0 Å². The fourth-order valence-electron chi connectivity index (χ4n) is 2.83. The largest absolute Gasteiger partial charge is 0.378 e. The van der Waals surface area contributed by atoms with Gasteiger partial charge in [-0.2, -0.15) is 0 Å². The molecule has 1 aliphatic rings. The van der Waals surface area contributed by atoms with Crippen molar-refractivity contribution in [3.63, 3.8) is 0 Å². The number of benzene rings is 1. The maximum absolute atomic E-state index is 4.43. The molecule has 23 heavy (non-hydrogen) atoms. The Bertz CT molecular complexity index is 476. The minimum atomic E-state index is 0. The van der Waals surface area contributed by atoms with E-state index in [1.807, 2.05) is 7.05 Å². The third-order valence-corrected chi connectivity index (χ3v) is 4.44. The topological polar surface area (TPSA) is 30.9 Å². The smallest absolute Gasteiger partial charge is 0.193 e. The summed E-state index contributed by atoms with van der Waals surface area (Å²) in [4.78, 5) is 8.94. The molecule has 5 heteroatoms. The summed E-state index contributed by atoms with van der Waals surface area (Å²) in [5.74, 6) is 1.90. The first kappa shape index (κ1) is 20.1. The molecule has 2 rings (SSSR count). The van der Waals surface area contributed by atoms with E-state index in [2.05, 4.69) is 65.4 Å². The van der Waals surface area contributed by atoms with Gasteiger partial charge in [-0.25, -0.2) is 0 Å². The first-order chi connectivity index (χ1) is 10.6. The molecule has 1 saturated heterocycles. The average molecular weight is 430 g/mol. The van der Waals surface area contributed by atoms with Crippen LogP contribution in [-0.4, -0.2) is 51.6 Å². The van der Waals surface area contributed by atoms with Gasteiger partial charge in [0.2, 0.25) is 0 Å². The van der Waals surface area contributed by atoms with E-state index in [0.717, 1.165) is 37.9 Å². The van der Waals surface area contributed by atoms with Crippen molar-refractivity contribution in [2.45, 2.75) is 26.2 Å². The van der Waals surface area contributed by atoms with Crippen molar-refractivity contribution in [2.75, 3.05) is 45.7 Å². The lowest BCUT2D eigenvalue weighted by Gasteiger charge is -2.32. The molecular formula is C18H31IN4. The third kappa shape index (κ3) is 6.20. The summed E-state index contributed by atoms with van der Waals surface area (Å²) in [6.45, 7) is 5.52. The van der Waals surface area contributed by atoms with Crippen LogP contribution < -0.4 is 10.2 Å². The van der Waals surface area contributed by atoms with Crippen molar-refractivity contribution in [3.8, 4) is 0 Å². The summed E-state index contributed by atoms with van der Waals surface area (Å²) in [5, 5.41) is 3.51. The summed E-state index contributed by atoms with van der Waals surface area (Å²) in [7, 11) is 6.02. The Balaban J connectivity index is 0.00000264. The van der Waals surface area contributed by atoms with E-state index in [9.17, 15) is 0 Å². The number of hydrogen-bond donors (Lipinski definition) is 1.